The second-order valence-corrected chi connectivity index (χ2v) is 10.3. The molecule has 0 spiro atoms. The van der Waals surface area contributed by atoms with Crippen molar-refractivity contribution in [3.63, 3.8) is 0 Å². The molecule has 3 rings (SSSR count). The zero-order valence-electron chi connectivity index (χ0n) is 18.2. The van der Waals surface area contributed by atoms with Crippen molar-refractivity contribution in [2.24, 2.45) is 0 Å². The van der Waals surface area contributed by atoms with Gasteiger partial charge in [0.05, 0.1) is 0 Å². The van der Waals surface area contributed by atoms with E-state index in [-0.39, 0.29) is 11.1 Å². The summed E-state index contributed by atoms with van der Waals surface area (Å²) >= 11 is 12.2. The lowest BCUT2D eigenvalue weighted by Crippen LogP contribution is -2.61. The summed E-state index contributed by atoms with van der Waals surface area (Å²) in [7, 11) is 0. The third-order valence-electron chi connectivity index (χ3n) is 5.83. The molecule has 1 radical (unpaired) electrons. The standard InChI is InChI=1S/C25H31Cl2N2O/c1-24(2)16-22(17-25(3,4)29(24)30)28-15-5-6-23(18-7-11-20(26)12-8-18)19-9-13-21(27)14-10-19/h6-14,22,28H,5,15-17H2,1-4H3. The van der Waals surface area contributed by atoms with Gasteiger partial charge < -0.3 is 5.32 Å². The van der Waals surface area contributed by atoms with Crippen molar-refractivity contribution < 1.29 is 5.21 Å². The molecule has 0 aliphatic carbocycles. The molecule has 2 aromatic carbocycles. The second kappa shape index (κ2) is 9.42. The van der Waals surface area contributed by atoms with Crippen LogP contribution in [0.4, 0.5) is 0 Å². The first-order chi connectivity index (χ1) is 14.1. The molecule has 1 aliphatic heterocycles. The van der Waals surface area contributed by atoms with Crippen LogP contribution in [0.25, 0.3) is 5.57 Å². The number of hydroxylamine groups is 2. The minimum Gasteiger partial charge on any atom is -0.314 e. The highest BCUT2D eigenvalue weighted by Gasteiger charge is 2.45. The molecule has 30 heavy (non-hydrogen) atoms. The van der Waals surface area contributed by atoms with Gasteiger partial charge in [-0.3, -0.25) is 0 Å². The fourth-order valence-electron chi connectivity index (χ4n) is 4.57. The van der Waals surface area contributed by atoms with Gasteiger partial charge in [-0.1, -0.05) is 53.5 Å². The molecule has 1 aliphatic rings. The summed E-state index contributed by atoms with van der Waals surface area (Å²) in [6.07, 6.45) is 4.85. The Morgan fingerprint density at radius 2 is 1.37 bits per heavy atom. The maximum Gasteiger partial charge on any atom is 0.0458 e. The van der Waals surface area contributed by atoms with E-state index < -0.39 is 0 Å². The van der Waals surface area contributed by atoms with Crippen LogP contribution in [0.5, 0.6) is 0 Å². The molecule has 1 N–H and O–H groups in total. The number of hydrogen-bond acceptors (Lipinski definition) is 2. The Kier molecular flexibility index (Phi) is 7.32. The predicted octanol–water partition coefficient (Wildman–Crippen LogP) is 6.77. The van der Waals surface area contributed by atoms with Crippen LogP contribution in [0.3, 0.4) is 0 Å². The number of nitrogens with zero attached hydrogens (tertiary/aromatic N) is 1. The number of nitrogens with one attached hydrogen (secondary N) is 1. The van der Waals surface area contributed by atoms with Crippen LogP contribution in [0.2, 0.25) is 10.0 Å². The lowest BCUT2D eigenvalue weighted by Gasteiger charge is -2.50. The Morgan fingerprint density at radius 1 is 0.933 bits per heavy atom. The molecule has 1 saturated heterocycles. The van der Waals surface area contributed by atoms with Gasteiger partial charge in [0.25, 0.3) is 0 Å². The summed E-state index contributed by atoms with van der Waals surface area (Å²) in [5.74, 6) is 0. The van der Waals surface area contributed by atoms with Gasteiger partial charge in [0.15, 0.2) is 0 Å². The van der Waals surface area contributed by atoms with Gasteiger partial charge in [-0.25, -0.2) is 0 Å². The van der Waals surface area contributed by atoms with E-state index >= 15 is 0 Å². The highest BCUT2D eigenvalue weighted by Crippen LogP contribution is 2.37. The Labute approximate surface area is 190 Å². The second-order valence-electron chi connectivity index (χ2n) is 9.40. The number of benzene rings is 2. The zero-order chi connectivity index (χ0) is 21.9. The smallest absolute Gasteiger partial charge is 0.0458 e. The van der Waals surface area contributed by atoms with Crippen LogP contribution in [0, 0.1) is 0 Å². The van der Waals surface area contributed by atoms with Gasteiger partial charge in [-0.05, 0) is 94.5 Å². The maximum atomic E-state index is 12.6. The number of rotatable bonds is 6. The van der Waals surface area contributed by atoms with E-state index in [0.717, 1.165) is 47.0 Å². The zero-order valence-corrected chi connectivity index (χ0v) is 19.7. The van der Waals surface area contributed by atoms with Crippen molar-refractivity contribution in [2.45, 2.75) is 64.1 Å². The van der Waals surface area contributed by atoms with Crippen molar-refractivity contribution in [2.75, 3.05) is 6.54 Å². The largest absolute Gasteiger partial charge is 0.314 e. The van der Waals surface area contributed by atoms with Crippen molar-refractivity contribution in [1.82, 2.24) is 10.4 Å². The number of hydrogen-bond donors (Lipinski definition) is 1. The third kappa shape index (κ3) is 5.66. The molecule has 2 aromatic rings. The minimum atomic E-state index is -0.354. The van der Waals surface area contributed by atoms with Crippen molar-refractivity contribution in [1.29, 1.82) is 0 Å². The quantitative estimate of drug-likeness (QED) is 0.497. The van der Waals surface area contributed by atoms with E-state index in [1.165, 1.54) is 10.6 Å². The van der Waals surface area contributed by atoms with Gasteiger partial charge in [-0.15, -0.1) is 10.3 Å². The van der Waals surface area contributed by atoms with Crippen LogP contribution in [0.15, 0.2) is 54.6 Å². The minimum absolute atomic E-state index is 0.336. The molecule has 0 aromatic heterocycles. The van der Waals surface area contributed by atoms with Gasteiger partial charge >= 0.3 is 0 Å². The normalized spacial score (nSPS) is 18.9. The maximum absolute atomic E-state index is 12.6. The first-order valence-electron chi connectivity index (χ1n) is 10.5. The van der Waals surface area contributed by atoms with Gasteiger partial charge in [0.1, 0.15) is 0 Å². The van der Waals surface area contributed by atoms with Gasteiger partial charge in [0.2, 0.25) is 0 Å². The summed E-state index contributed by atoms with van der Waals surface area (Å²) in [5.41, 5.74) is 2.72. The fraction of sp³-hybridized carbons (Fsp3) is 0.440. The molecule has 1 fully saturated rings. The Morgan fingerprint density at radius 3 is 1.80 bits per heavy atom. The van der Waals surface area contributed by atoms with Gasteiger partial charge in [-0.2, -0.15) is 0 Å². The van der Waals surface area contributed by atoms with E-state index in [9.17, 15) is 5.21 Å². The fourth-order valence-corrected chi connectivity index (χ4v) is 4.82. The summed E-state index contributed by atoms with van der Waals surface area (Å²) < 4.78 is 0. The first kappa shape index (κ1) is 23.3. The third-order valence-corrected chi connectivity index (χ3v) is 6.33. The van der Waals surface area contributed by atoms with Crippen LogP contribution in [0.1, 0.15) is 58.1 Å². The molecule has 5 heteroatoms. The van der Waals surface area contributed by atoms with E-state index in [2.05, 4.69) is 11.4 Å². The average molecular weight is 446 g/mol. The molecule has 161 valence electrons. The number of halogens is 2. The molecule has 3 nitrogen and oxygen atoms in total. The SMILES string of the molecule is CC1(C)CC(NCCC=C(c2ccc(Cl)cc2)c2ccc(Cl)cc2)CC(C)(C)N1[O]. The van der Waals surface area contributed by atoms with Crippen molar-refractivity contribution in [3.05, 3.63) is 75.8 Å². The van der Waals surface area contributed by atoms with Crippen molar-refractivity contribution >= 4 is 28.8 Å². The Hall–Kier alpha value is -1.36. The summed E-state index contributed by atoms with van der Waals surface area (Å²) in [6.45, 7) is 9.01. The molecule has 0 saturated carbocycles. The summed E-state index contributed by atoms with van der Waals surface area (Å²) in [5, 5.41) is 19.0. The average Bonchev–Trinajstić information content (AvgIpc) is 2.68. The molecule has 1 heterocycles. The molecule has 0 unspecified atom stereocenters. The molecule has 0 amide bonds. The molecule has 0 atom stereocenters. The van der Waals surface area contributed by atoms with Crippen LogP contribution >= 0.6 is 23.2 Å². The molecular weight excluding hydrogens is 415 g/mol. The highest BCUT2D eigenvalue weighted by atomic mass is 35.5. The van der Waals surface area contributed by atoms with Crippen molar-refractivity contribution in [3.8, 4) is 0 Å². The Balaban J connectivity index is 1.70. The lowest BCUT2D eigenvalue weighted by atomic mass is 9.79. The van der Waals surface area contributed by atoms with Crippen LogP contribution < -0.4 is 5.32 Å². The topological polar surface area (TPSA) is 35.2 Å². The Bertz CT molecular complexity index is 808. The molecule has 0 bridgehead atoms. The predicted molar refractivity (Wildman–Crippen MR) is 126 cm³/mol. The summed E-state index contributed by atoms with van der Waals surface area (Å²) in [6, 6.07) is 16.2. The molecular formula is C25H31Cl2N2O. The first-order valence-corrected chi connectivity index (χ1v) is 11.3. The van der Waals surface area contributed by atoms with E-state index in [1.807, 2.05) is 76.2 Å². The summed E-state index contributed by atoms with van der Waals surface area (Å²) in [4.78, 5) is 0. The van der Waals surface area contributed by atoms with Gasteiger partial charge in [0, 0.05) is 27.2 Å². The van der Waals surface area contributed by atoms with E-state index in [1.54, 1.807) is 0 Å². The van der Waals surface area contributed by atoms with E-state index in [0.29, 0.717) is 6.04 Å². The van der Waals surface area contributed by atoms with E-state index in [4.69, 9.17) is 23.2 Å². The highest BCUT2D eigenvalue weighted by molar-refractivity contribution is 6.31. The lowest BCUT2D eigenvalue weighted by molar-refractivity contribution is -0.290. The van der Waals surface area contributed by atoms with Crippen LogP contribution in [-0.2, 0) is 5.21 Å². The number of piperidine rings is 1. The monoisotopic (exact) mass is 445 g/mol. The van der Waals surface area contributed by atoms with Crippen LogP contribution in [-0.4, -0.2) is 28.7 Å².